The van der Waals surface area contributed by atoms with Gasteiger partial charge < -0.3 is 4.74 Å². The molecule has 0 saturated heterocycles. The zero-order valence-corrected chi connectivity index (χ0v) is 15.8. The van der Waals surface area contributed by atoms with Crippen molar-refractivity contribution in [2.45, 2.75) is 0 Å². The molecule has 0 bridgehead atoms. The normalized spacial score (nSPS) is 10.4. The van der Waals surface area contributed by atoms with Crippen LogP contribution in [0, 0.1) is 0 Å². The largest absolute Gasteiger partial charge is 0.484 e. The topological polar surface area (TPSA) is 67.4 Å². The first kappa shape index (κ1) is 18.2. The highest BCUT2D eigenvalue weighted by Gasteiger charge is 2.08. The Labute approximate surface area is 163 Å². The summed E-state index contributed by atoms with van der Waals surface area (Å²) in [5, 5.41) is 2.59. The van der Waals surface area contributed by atoms with Crippen LogP contribution in [0.15, 0.2) is 65.1 Å². The molecule has 2 amide bonds. The van der Waals surface area contributed by atoms with Crippen molar-refractivity contribution < 1.29 is 14.3 Å². The van der Waals surface area contributed by atoms with Crippen molar-refractivity contribution in [2.24, 2.45) is 0 Å². The quantitative estimate of drug-likeness (QED) is 0.609. The van der Waals surface area contributed by atoms with Crippen LogP contribution in [0.3, 0.4) is 0 Å². The van der Waals surface area contributed by atoms with Gasteiger partial charge in [-0.1, -0.05) is 39.7 Å². The van der Waals surface area contributed by atoms with E-state index in [2.05, 4.69) is 26.8 Å². The maximum atomic E-state index is 11.9. The van der Waals surface area contributed by atoms with Crippen LogP contribution in [0.5, 0.6) is 5.75 Å². The summed E-state index contributed by atoms with van der Waals surface area (Å²) in [7, 11) is 0. The fourth-order valence-electron chi connectivity index (χ4n) is 2.27. The summed E-state index contributed by atoms with van der Waals surface area (Å²) in [6, 6.07) is 17.8. The van der Waals surface area contributed by atoms with E-state index in [4.69, 9.17) is 16.3 Å². The van der Waals surface area contributed by atoms with Crippen molar-refractivity contribution in [1.29, 1.82) is 0 Å². The fourth-order valence-corrected chi connectivity index (χ4v) is 2.77. The Balaban J connectivity index is 1.51. The van der Waals surface area contributed by atoms with Crippen LogP contribution < -0.4 is 15.6 Å². The van der Waals surface area contributed by atoms with Crippen molar-refractivity contribution in [3.8, 4) is 5.75 Å². The molecule has 3 aromatic carbocycles. The van der Waals surface area contributed by atoms with Crippen molar-refractivity contribution in [1.82, 2.24) is 10.9 Å². The number of hydrazine groups is 1. The minimum atomic E-state index is -0.469. The standard InChI is InChI=1S/C19H14BrClN2O3/c20-15-5-1-14-10-17(8-4-13(14)9-15)26-11-18(24)22-23-19(25)12-2-6-16(21)7-3-12/h1-10H,11H2,(H,22,24)(H,23,25). The van der Waals surface area contributed by atoms with Crippen LogP contribution in [0.25, 0.3) is 10.8 Å². The van der Waals surface area contributed by atoms with E-state index in [0.717, 1.165) is 15.2 Å². The number of halogens is 2. The molecule has 132 valence electrons. The SMILES string of the molecule is O=C(COc1ccc2cc(Br)ccc2c1)NNC(=O)c1ccc(Cl)cc1. The molecule has 0 radical (unpaired) electrons. The van der Waals surface area contributed by atoms with E-state index in [1.165, 1.54) is 0 Å². The molecule has 26 heavy (non-hydrogen) atoms. The summed E-state index contributed by atoms with van der Waals surface area (Å²) >= 11 is 9.19. The van der Waals surface area contributed by atoms with Gasteiger partial charge >= 0.3 is 0 Å². The predicted octanol–water partition coefficient (Wildman–Crippen LogP) is 4.10. The summed E-state index contributed by atoms with van der Waals surface area (Å²) in [6.45, 7) is -0.219. The maximum absolute atomic E-state index is 11.9. The number of rotatable bonds is 4. The number of ether oxygens (including phenoxy) is 1. The third-order valence-electron chi connectivity index (χ3n) is 3.57. The highest BCUT2D eigenvalue weighted by Crippen LogP contribution is 2.24. The third-order valence-corrected chi connectivity index (χ3v) is 4.31. The summed E-state index contributed by atoms with van der Waals surface area (Å²) in [5.41, 5.74) is 5.02. The molecule has 3 rings (SSSR count). The molecule has 0 heterocycles. The van der Waals surface area contributed by atoms with Crippen LogP contribution >= 0.6 is 27.5 Å². The maximum Gasteiger partial charge on any atom is 0.276 e. The molecule has 0 aliphatic heterocycles. The van der Waals surface area contributed by atoms with Gasteiger partial charge in [-0.3, -0.25) is 20.4 Å². The molecule has 0 atom stereocenters. The Kier molecular flexibility index (Phi) is 5.75. The number of hydrogen-bond acceptors (Lipinski definition) is 3. The van der Waals surface area contributed by atoms with Crippen molar-refractivity contribution >= 4 is 50.1 Å². The second-order valence-corrected chi connectivity index (χ2v) is 6.80. The molecule has 0 spiro atoms. The van der Waals surface area contributed by atoms with Crippen molar-refractivity contribution in [3.63, 3.8) is 0 Å². The van der Waals surface area contributed by atoms with E-state index in [1.807, 2.05) is 30.3 Å². The van der Waals surface area contributed by atoms with Crippen LogP contribution in [0.2, 0.25) is 5.02 Å². The van der Waals surface area contributed by atoms with Gasteiger partial charge in [-0.05, 0) is 59.3 Å². The van der Waals surface area contributed by atoms with Gasteiger partial charge in [0.2, 0.25) is 0 Å². The monoisotopic (exact) mass is 432 g/mol. The first-order valence-corrected chi connectivity index (χ1v) is 8.85. The number of amides is 2. The first-order valence-electron chi connectivity index (χ1n) is 7.68. The molecule has 3 aromatic rings. The molecule has 0 aliphatic carbocycles. The lowest BCUT2D eigenvalue weighted by atomic mass is 10.1. The van der Waals surface area contributed by atoms with E-state index in [0.29, 0.717) is 16.3 Å². The zero-order valence-electron chi connectivity index (χ0n) is 13.5. The van der Waals surface area contributed by atoms with Gasteiger partial charge in [-0.2, -0.15) is 0 Å². The Morgan fingerprint density at radius 3 is 2.38 bits per heavy atom. The molecule has 7 heteroatoms. The summed E-state index contributed by atoms with van der Waals surface area (Å²) in [4.78, 5) is 23.7. The lowest BCUT2D eigenvalue weighted by Gasteiger charge is -2.09. The van der Waals surface area contributed by atoms with E-state index in [-0.39, 0.29) is 6.61 Å². The lowest BCUT2D eigenvalue weighted by molar-refractivity contribution is -0.123. The predicted molar refractivity (Wildman–Crippen MR) is 104 cm³/mol. The van der Waals surface area contributed by atoms with Gasteiger partial charge in [0, 0.05) is 15.1 Å². The minimum absolute atomic E-state index is 0.219. The van der Waals surface area contributed by atoms with Crippen LogP contribution in [-0.2, 0) is 4.79 Å². The highest BCUT2D eigenvalue weighted by molar-refractivity contribution is 9.10. The number of benzene rings is 3. The number of fused-ring (bicyclic) bond motifs is 1. The minimum Gasteiger partial charge on any atom is -0.484 e. The molecule has 0 fully saturated rings. The molecule has 2 N–H and O–H groups in total. The number of hydrogen-bond donors (Lipinski definition) is 2. The lowest BCUT2D eigenvalue weighted by Crippen LogP contribution is -2.43. The fraction of sp³-hybridized carbons (Fsp3) is 0.0526. The number of nitrogens with one attached hydrogen (secondary N) is 2. The van der Waals surface area contributed by atoms with Gasteiger partial charge in [-0.25, -0.2) is 0 Å². The third kappa shape index (κ3) is 4.74. The summed E-state index contributed by atoms with van der Waals surface area (Å²) in [6.07, 6.45) is 0. The molecule has 0 unspecified atom stereocenters. The van der Waals surface area contributed by atoms with Crippen molar-refractivity contribution in [2.75, 3.05) is 6.61 Å². The van der Waals surface area contributed by atoms with Crippen LogP contribution in [0.1, 0.15) is 10.4 Å². The average Bonchev–Trinajstić information content (AvgIpc) is 2.65. The zero-order chi connectivity index (χ0) is 18.5. The second kappa shape index (κ2) is 8.21. The van der Waals surface area contributed by atoms with E-state index in [1.54, 1.807) is 30.3 Å². The summed E-state index contributed by atoms with van der Waals surface area (Å²) < 4.78 is 6.46. The molecule has 0 aliphatic rings. The Hall–Kier alpha value is -2.57. The highest BCUT2D eigenvalue weighted by atomic mass is 79.9. The smallest absolute Gasteiger partial charge is 0.276 e. The van der Waals surface area contributed by atoms with Gasteiger partial charge in [0.1, 0.15) is 5.75 Å². The van der Waals surface area contributed by atoms with E-state index >= 15 is 0 Å². The Morgan fingerprint density at radius 1 is 0.923 bits per heavy atom. The second-order valence-electron chi connectivity index (χ2n) is 5.45. The van der Waals surface area contributed by atoms with Gasteiger partial charge in [0.15, 0.2) is 6.61 Å². The Morgan fingerprint density at radius 2 is 1.62 bits per heavy atom. The van der Waals surface area contributed by atoms with Gasteiger partial charge in [-0.15, -0.1) is 0 Å². The van der Waals surface area contributed by atoms with E-state index in [9.17, 15) is 9.59 Å². The molecular formula is C19H14BrClN2O3. The molecule has 0 saturated carbocycles. The average molecular weight is 434 g/mol. The number of carbonyl (C=O) groups is 2. The Bertz CT molecular complexity index is 961. The van der Waals surface area contributed by atoms with Gasteiger partial charge in [0.05, 0.1) is 0 Å². The van der Waals surface area contributed by atoms with E-state index < -0.39 is 11.8 Å². The van der Waals surface area contributed by atoms with Crippen LogP contribution in [0.4, 0.5) is 0 Å². The van der Waals surface area contributed by atoms with Crippen LogP contribution in [-0.4, -0.2) is 18.4 Å². The molecule has 0 aromatic heterocycles. The van der Waals surface area contributed by atoms with Gasteiger partial charge in [0.25, 0.3) is 11.8 Å². The number of carbonyl (C=O) groups excluding carboxylic acids is 2. The molecular weight excluding hydrogens is 420 g/mol. The summed E-state index contributed by atoms with van der Waals surface area (Å²) in [5.74, 6) is -0.339. The van der Waals surface area contributed by atoms with Crippen molar-refractivity contribution in [3.05, 3.63) is 75.7 Å². The molecule has 5 nitrogen and oxygen atoms in total. The first-order chi connectivity index (χ1) is 12.5.